The summed E-state index contributed by atoms with van der Waals surface area (Å²) in [6.07, 6.45) is 0. The van der Waals surface area contributed by atoms with Crippen LogP contribution in [-0.2, 0) is 9.53 Å². The fraction of sp³-hybridized carbons (Fsp3) is 0.286. The lowest BCUT2D eigenvalue weighted by atomic mass is 10.2. The number of amides is 3. The summed E-state index contributed by atoms with van der Waals surface area (Å²) in [5.41, 5.74) is 2.30. The molecule has 0 saturated carbocycles. The van der Waals surface area contributed by atoms with Crippen LogP contribution in [0.2, 0.25) is 0 Å². The van der Waals surface area contributed by atoms with Crippen LogP contribution in [0.3, 0.4) is 0 Å². The number of methoxy groups -OCH3 is 1. The van der Waals surface area contributed by atoms with Gasteiger partial charge in [-0.2, -0.15) is 0 Å². The maximum atomic E-state index is 12.2. The molecule has 0 aliphatic carbocycles. The molecule has 8 nitrogen and oxygen atoms in total. The van der Waals surface area contributed by atoms with Gasteiger partial charge in [0.05, 0.1) is 13.2 Å². The van der Waals surface area contributed by atoms with Crippen molar-refractivity contribution < 1.29 is 19.1 Å². The molecule has 29 heavy (non-hydrogen) atoms. The monoisotopic (exact) mass is 398 g/mol. The van der Waals surface area contributed by atoms with E-state index in [0.29, 0.717) is 35.7 Å². The average molecular weight is 398 g/mol. The molecule has 0 bridgehead atoms. The Labute approximate surface area is 170 Å². The van der Waals surface area contributed by atoms with Crippen molar-refractivity contribution in [2.45, 2.75) is 0 Å². The molecule has 0 spiro atoms. The molecule has 2 rings (SSSR count). The Bertz CT molecular complexity index is 850. The van der Waals surface area contributed by atoms with Crippen LogP contribution < -0.4 is 16.0 Å². The highest BCUT2D eigenvalue weighted by Gasteiger charge is 2.09. The Morgan fingerprint density at radius 3 is 2.34 bits per heavy atom. The summed E-state index contributed by atoms with van der Waals surface area (Å²) in [4.78, 5) is 37.6. The minimum atomic E-state index is -0.244. The number of hydrogen-bond acceptors (Lipinski definition) is 5. The van der Waals surface area contributed by atoms with Crippen LogP contribution in [0.4, 0.5) is 11.4 Å². The van der Waals surface area contributed by atoms with Crippen LogP contribution in [0, 0.1) is 0 Å². The van der Waals surface area contributed by atoms with E-state index >= 15 is 0 Å². The van der Waals surface area contributed by atoms with Crippen molar-refractivity contribution in [1.82, 2.24) is 10.2 Å². The molecule has 0 heterocycles. The van der Waals surface area contributed by atoms with Gasteiger partial charge in [-0.25, -0.2) is 0 Å². The van der Waals surface area contributed by atoms with E-state index in [9.17, 15) is 14.4 Å². The maximum absolute atomic E-state index is 12.2. The van der Waals surface area contributed by atoms with E-state index < -0.39 is 0 Å². The quantitative estimate of drug-likeness (QED) is 0.560. The number of hydrogen-bond donors (Lipinski definition) is 3. The number of carbonyl (C=O) groups excluding carboxylic acids is 3. The molecule has 0 aliphatic rings. The topological polar surface area (TPSA) is 99.8 Å². The number of anilines is 2. The van der Waals surface area contributed by atoms with Crippen molar-refractivity contribution in [1.29, 1.82) is 0 Å². The van der Waals surface area contributed by atoms with Gasteiger partial charge in [0.15, 0.2) is 0 Å². The first kappa shape index (κ1) is 21.9. The van der Waals surface area contributed by atoms with Gasteiger partial charge < -0.3 is 25.6 Å². The molecule has 0 radical (unpaired) electrons. The van der Waals surface area contributed by atoms with E-state index in [0.717, 1.165) is 0 Å². The Kier molecular flexibility index (Phi) is 8.17. The third kappa shape index (κ3) is 6.93. The van der Waals surface area contributed by atoms with E-state index in [4.69, 9.17) is 4.74 Å². The zero-order chi connectivity index (χ0) is 21.2. The SMILES string of the molecule is COCCNC(=O)c1cccc(NCC(=O)Nc2ccc(C(=O)N(C)C)cc2)c1. The van der Waals surface area contributed by atoms with Crippen molar-refractivity contribution >= 4 is 29.1 Å². The summed E-state index contributed by atoms with van der Waals surface area (Å²) in [5.74, 6) is -0.551. The zero-order valence-corrected chi connectivity index (χ0v) is 16.8. The van der Waals surface area contributed by atoms with Crippen LogP contribution in [0.25, 0.3) is 0 Å². The fourth-order valence-electron chi connectivity index (χ4n) is 2.48. The first-order valence-electron chi connectivity index (χ1n) is 9.13. The molecular formula is C21H26N4O4. The standard InChI is InChI=1S/C21H26N4O4/c1-25(2)21(28)15-7-9-17(10-8-15)24-19(26)14-23-18-6-4-5-16(13-18)20(27)22-11-12-29-3/h4-10,13,23H,11-12,14H2,1-3H3,(H,22,27)(H,24,26). The molecule has 0 aliphatic heterocycles. The second kappa shape index (κ2) is 10.8. The number of nitrogens with one attached hydrogen (secondary N) is 3. The van der Waals surface area contributed by atoms with E-state index in [1.165, 1.54) is 4.90 Å². The zero-order valence-electron chi connectivity index (χ0n) is 16.8. The third-order valence-corrected chi connectivity index (χ3v) is 3.99. The summed E-state index contributed by atoms with van der Waals surface area (Å²) in [6.45, 7) is 0.898. The molecule has 154 valence electrons. The van der Waals surface area contributed by atoms with Gasteiger partial charge in [-0.15, -0.1) is 0 Å². The molecule has 0 saturated heterocycles. The summed E-state index contributed by atoms with van der Waals surface area (Å²) in [6, 6.07) is 13.6. The van der Waals surface area contributed by atoms with Crippen LogP contribution in [-0.4, -0.2) is 63.5 Å². The predicted octanol–water partition coefficient (Wildman–Crippen LogP) is 1.82. The number of nitrogens with zero attached hydrogens (tertiary/aromatic N) is 1. The Morgan fingerprint density at radius 1 is 0.966 bits per heavy atom. The second-order valence-electron chi connectivity index (χ2n) is 6.51. The highest BCUT2D eigenvalue weighted by Crippen LogP contribution is 2.12. The van der Waals surface area contributed by atoms with E-state index in [1.54, 1.807) is 69.7 Å². The predicted molar refractivity (Wildman–Crippen MR) is 112 cm³/mol. The van der Waals surface area contributed by atoms with Gasteiger partial charge in [-0.3, -0.25) is 14.4 Å². The lowest BCUT2D eigenvalue weighted by Gasteiger charge is -2.11. The molecule has 3 N–H and O–H groups in total. The van der Waals surface area contributed by atoms with E-state index in [2.05, 4.69) is 16.0 Å². The van der Waals surface area contributed by atoms with Crippen molar-refractivity contribution in [3.05, 3.63) is 59.7 Å². The minimum absolute atomic E-state index is 0.0348. The van der Waals surface area contributed by atoms with Gasteiger partial charge in [0.1, 0.15) is 0 Å². The van der Waals surface area contributed by atoms with Crippen molar-refractivity contribution in [3.63, 3.8) is 0 Å². The van der Waals surface area contributed by atoms with Crippen LogP contribution >= 0.6 is 0 Å². The molecule has 3 amide bonds. The number of ether oxygens (including phenoxy) is 1. The Balaban J connectivity index is 1.87. The summed E-state index contributed by atoms with van der Waals surface area (Å²) in [5, 5.41) is 8.50. The minimum Gasteiger partial charge on any atom is -0.383 e. The van der Waals surface area contributed by atoms with Crippen molar-refractivity contribution in [2.75, 3.05) is 51.5 Å². The van der Waals surface area contributed by atoms with Gasteiger partial charge in [0.25, 0.3) is 11.8 Å². The maximum Gasteiger partial charge on any atom is 0.253 e. The van der Waals surface area contributed by atoms with Gasteiger partial charge in [-0.05, 0) is 42.5 Å². The summed E-state index contributed by atoms with van der Waals surface area (Å²) < 4.78 is 4.90. The third-order valence-electron chi connectivity index (χ3n) is 3.99. The average Bonchev–Trinajstić information content (AvgIpc) is 2.72. The van der Waals surface area contributed by atoms with E-state index in [1.807, 2.05) is 0 Å². The first-order chi connectivity index (χ1) is 13.9. The number of rotatable bonds is 9. The van der Waals surface area contributed by atoms with Crippen molar-refractivity contribution in [2.24, 2.45) is 0 Å². The molecule has 0 unspecified atom stereocenters. The lowest BCUT2D eigenvalue weighted by Crippen LogP contribution is -2.27. The highest BCUT2D eigenvalue weighted by molar-refractivity contribution is 5.97. The fourth-order valence-corrected chi connectivity index (χ4v) is 2.48. The summed E-state index contributed by atoms with van der Waals surface area (Å²) >= 11 is 0. The second-order valence-corrected chi connectivity index (χ2v) is 6.51. The van der Waals surface area contributed by atoms with Gasteiger partial charge in [0.2, 0.25) is 5.91 Å². The molecular weight excluding hydrogens is 372 g/mol. The van der Waals surface area contributed by atoms with Crippen LogP contribution in [0.5, 0.6) is 0 Å². The molecule has 0 aromatic heterocycles. The molecule has 2 aromatic carbocycles. The Hall–Kier alpha value is -3.39. The Morgan fingerprint density at radius 2 is 1.69 bits per heavy atom. The molecule has 0 atom stereocenters. The molecule has 2 aromatic rings. The van der Waals surface area contributed by atoms with E-state index in [-0.39, 0.29) is 24.3 Å². The van der Waals surface area contributed by atoms with Crippen LogP contribution in [0.15, 0.2) is 48.5 Å². The van der Waals surface area contributed by atoms with Gasteiger partial charge in [-0.1, -0.05) is 6.07 Å². The largest absolute Gasteiger partial charge is 0.383 e. The first-order valence-corrected chi connectivity index (χ1v) is 9.13. The van der Waals surface area contributed by atoms with Gasteiger partial charge in [0, 0.05) is 50.3 Å². The smallest absolute Gasteiger partial charge is 0.253 e. The highest BCUT2D eigenvalue weighted by atomic mass is 16.5. The molecule has 8 heteroatoms. The summed E-state index contributed by atoms with van der Waals surface area (Å²) in [7, 11) is 4.93. The van der Waals surface area contributed by atoms with Crippen molar-refractivity contribution in [3.8, 4) is 0 Å². The number of carbonyl (C=O) groups is 3. The molecule has 0 fully saturated rings. The normalized spacial score (nSPS) is 10.2. The van der Waals surface area contributed by atoms with Crippen LogP contribution in [0.1, 0.15) is 20.7 Å². The lowest BCUT2D eigenvalue weighted by molar-refractivity contribution is -0.114. The number of benzene rings is 2. The van der Waals surface area contributed by atoms with Gasteiger partial charge >= 0.3 is 0 Å².